The standard InChI is InChI=1S/C11H5F7N2O/c12-8(13)10(14,15)9(21)20-6-2-1-5(4-19)7(3-6)11(16,17)18/h1-3,8H,(H,20,21). The van der Waals surface area contributed by atoms with E-state index in [-0.39, 0.29) is 6.07 Å². The van der Waals surface area contributed by atoms with Gasteiger partial charge in [-0.15, -0.1) is 0 Å². The number of hydrogen-bond donors (Lipinski definition) is 1. The Morgan fingerprint density at radius 2 is 1.76 bits per heavy atom. The maximum Gasteiger partial charge on any atom is 0.417 e. The molecule has 0 heterocycles. The summed E-state index contributed by atoms with van der Waals surface area (Å²) in [5.41, 5.74) is -3.07. The van der Waals surface area contributed by atoms with Crippen molar-refractivity contribution >= 4 is 11.6 Å². The molecule has 0 radical (unpaired) electrons. The van der Waals surface area contributed by atoms with E-state index in [1.54, 1.807) is 0 Å². The lowest BCUT2D eigenvalue weighted by Gasteiger charge is -2.16. The Labute approximate surface area is 113 Å². The summed E-state index contributed by atoms with van der Waals surface area (Å²) in [6, 6.07) is 2.78. The van der Waals surface area contributed by atoms with Gasteiger partial charge in [-0.25, -0.2) is 8.78 Å². The third kappa shape index (κ3) is 3.62. The summed E-state index contributed by atoms with van der Waals surface area (Å²) in [5.74, 6) is -7.50. The minimum Gasteiger partial charge on any atom is -0.321 e. The zero-order chi connectivity index (χ0) is 16.4. The van der Waals surface area contributed by atoms with Gasteiger partial charge in [-0.1, -0.05) is 0 Å². The first-order chi connectivity index (χ1) is 9.50. The van der Waals surface area contributed by atoms with E-state index in [9.17, 15) is 35.5 Å². The first kappa shape index (κ1) is 16.7. The molecule has 0 aliphatic rings. The number of amides is 1. The SMILES string of the molecule is N#Cc1ccc(NC(=O)C(F)(F)C(F)F)cc1C(F)(F)F. The summed E-state index contributed by atoms with van der Waals surface area (Å²) in [7, 11) is 0. The van der Waals surface area contributed by atoms with Gasteiger partial charge in [-0.2, -0.15) is 27.2 Å². The fraction of sp³-hybridized carbons (Fsp3) is 0.273. The minimum atomic E-state index is -5.05. The first-order valence-electron chi connectivity index (χ1n) is 5.09. The molecule has 1 aromatic rings. The van der Waals surface area contributed by atoms with Crippen LogP contribution in [-0.4, -0.2) is 18.3 Å². The molecule has 0 aromatic heterocycles. The molecule has 0 saturated heterocycles. The lowest BCUT2D eigenvalue weighted by atomic mass is 10.1. The van der Waals surface area contributed by atoms with Gasteiger partial charge in [-0.05, 0) is 18.2 Å². The summed E-state index contributed by atoms with van der Waals surface area (Å²) in [6.45, 7) is 0. The second-order valence-electron chi connectivity index (χ2n) is 3.75. The first-order valence-corrected chi connectivity index (χ1v) is 5.09. The molecular weight excluding hydrogens is 309 g/mol. The molecule has 0 aliphatic heterocycles. The highest BCUT2D eigenvalue weighted by Crippen LogP contribution is 2.34. The summed E-state index contributed by atoms with van der Waals surface area (Å²) in [6.07, 6.45) is -9.28. The van der Waals surface area contributed by atoms with E-state index in [1.807, 2.05) is 0 Å². The van der Waals surface area contributed by atoms with Crippen molar-refractivity contribution in [2.45, 2.75) is 18.5 Å². The minimum absolute atomic E-state index is 0.206. The molecule has 1 amide bonds. The van der Waals surface area contributed by atoms with Crippen LogP contribution in [0.2, 0.25) is 0 Å². The number of nitrogens with zero attached hydrogens (tertiary/aromatic N) is 1. The van der Waals surface area contributed by atoms with E-state index in [0.29, 0.717) is 12.1 Å². The fourth-order valence-electron chi connectivity index (χ4n) is 1.27. The highest BCUT2D eigenvalue weighted by molar-refractivity contribution is 5.96. The topological polar surface area (TPSA) is 52.9 Å². The Balaban J connectivity index is 3.13. The molecule has 0 atom stereocenters. The molecule has 21 heavy (non-hydrogen) atoms. The monoisotopic (exact) mass is 314 g/mol. The lowest BCUT2D eigenvalue weighted by Crippen LogP contribution is -2.41. The predicted molar refractivity (Wildman–Crippen MR) is 55.7 cm³/mol. The van der Waals surface area contributed by atoms with Gasteiger partial charge in [0.05, 0.1) is 17.2 Å². The Hall–Kier alpha value is -2.31. The van der Waals surface area contributed by atoms with E-state index >= 15 is 0 Å². The number of rotatable bonds is 3. The molecule has 3 nitrogen and oxygen atoms in total. The summed E-state index contributed by atoms with van der Waals surface area (Å²) in [5, 5.41) is 9.75. The van der Waals surface area contributed by atoms with Gasteiger partial charge in [0.25, 0.3) is 0 Å². The van der Waals surface area contributed by atoms with Crippen LogP contribution in [0.3, 0.4) is 0 Å². The number of halogens is 7. The van der Waals surface area contributed by atoms with Crippen LogP contribution >= 0.6 is 0 Å². The van der Waals surface area contributed by atoms with Crippen LogP contribution in [0.5, 0.6) is 0 Å². The van der Waals surface area contributed by atoms with Crippen molar-refractivity contribution in [1.29, 1.82) is 5.26 Å². The number of benzene rings is 1. The van der Waals surface area contributed by atoms with Crippen molar-refractivity contribution in [3.63, 3.8) is 0 Å². The van der Waals surface area contributed by atoms with Crippen LogP contribution in [0.4, 0.5) is 36.4 Å². The van der Waals surface area contributed by atoms with Crippen molar-refractivity contribution in [3.8, 4) is 6.07 Å². The maximum atomic E-state index is 12.7. The van der Waals surface area contributed by atoms with Gasteiger partial charge in [-0.3, -0.25) is 4.79 Å². The molecule has 10 heteroatoms. The molecule has 1 rings (SSSR count). The van der Waals surface area contributed by atoms with Crippen molar-refractivity contribution in [2.75, 3.05) is 5.32 Å². The van der Waals surface area contributed by atoms with Crippen molar-refractivity contribution in [1.82, 2.24) is 0 Å². The highest BCUT2D eigenvalue weighted by Gasteiger charge is 2.49. The van der Waals surface area contributed by atoms with Crippen molar-refractivity contribution < 1.29 is 35.5 Å². The van der Waals surface area contributed by atoms with Gasteiger partial charge in [0, 0.05) is 5.69 Å². The molecule has 0 aliphatic carbocycles. The molecule has 114 valence electrons. The molecule has 1 N–H and O–H groups in total. The summed E-state index contributed by atoms with van der Waals surface area (Å²) >= 11 is 0. The van der Waals surface area contributed by atoms with Crippen LogP contribution in [-0.2, 0) is 11.0 Å². The molecule has 0 fully saturated rings. The average Bonchev–Trinajstić information content (AvgIpc) is 2.37. The molecule has 0 unspecified atom stereocenters. The van der Waals surface area contributed by atoms with E-state index in [2.05, 4.69) is 0 Å². The average molecular weight is 314 g/mol. The molecule has 0 saturated carbocycles. The van der Waals surface area contributed by atoms with Crippen LogP contribution < -0.4 is 5.32 Å². The number of carbonyl (C=O) groups excluding carboxylic acids is 1. The van der Waals surface area contributed by atoms with Crippen LogP contribution in [0, 0.1) is 11.3 Å². The molecular formula is C11H5F7N2O. The van der Waals surface area contributed by atoms with Gasteiger partial charge in [0.1, 0.15) is 0 Å². The Bertz CT molecular complexity index is 589. The lowest BCUT2D eigenvalue weighted by molar-refractivity contribution is -0.163. The van der Waals surface area contributed by atoms with E-state index in [1.165, 1.54) is 11.4 Å². The van der Waals surface area contributed by atoms with E-state index in [0.717, 1.165) is 0 Å². The Morgan fingerprint density at radius 1 is 1.19 bits per heavy atom. The molecule has 0 spiro atoms. The normalized spacial score (nSPS) is 12.1. The zero-order valence-corrected chi connectivity index (χ0v) is 9.81. The highest BCUT2D eigenvalue weighted by atomic mass is 19.4. The third-order valence-corrected chi connectivity index (χ3v) is 2.28. The second-order valence-corrected chi connectivity index (χ2v) is 3.75. The number of nitrogens with one attached hydrogen (secondary N) is 1. The van der Waals surface area contributed by atoms with E-state index < -0.39 is 41.2 Å². The zero-order valence-electron chi connectivity index (χ0n) is 9.81. The molecule has 0 bridgehead atoms. The summed E-state index contributed by atoms with van der Waals surface area (Å²) in [4.78, 5) is 10.9. The van der Waals surface area contributed by atoms with Gasteiger partial charge < -0.3 is 5.32 Å². The Kier molecular flexibility index (Phi) is 4.46. The fourth-order valence-corrected chi connectivity index (χ4v) is 1.27. The van der Waals surface area contributed by atoms with E-state index in [4.69, 9.17) is 5.26 Å². The van der Waals surface area contributed by atoms with Gasteiger partial charge >= 0.3 is 24.4 Å². The third-order valence-electron chi connectivity index (χ3n) is 2.28. The largest absolute Gasteiger partial charge is 0.417 e. The smallest absolute Gasteiger partial charge is 0.321 e. The second kappa shape index (κ2) is 5.59. The number of anilines is 1. The van der Waals surface area contributed by atoms with Crippen LogP contribution in [0.1, 0.15) is 11.1 Å². The number of alkyl halides is 7. The summed E-state index contributed by atoms with van der Waals surface area (Å²) < 4.78 is 86.9. The van der Waals surface area contributed by atoms with Crippen LogP contribution in [0.25, 0.3) is 0 Å². The molecule has 1 aromatic carbocycles. The number of nitriles is 1. The predicted octanol–water partition coefficient (Wildman–Crippen LogP) is 3.42. The maximum absolute atomic E-state index is 12.7. The quantitative estimate of drug-likeness (QED) is 0.869. The van der Waals surface area contributed by atoms with Crippen molar-refractivity contribution in [3.05, 3.63) is 29.3 Å². The van der Waals surface area contributed by atoms with Crippen LogP contribution in [0.15, 0.2) is 18.2 Å². The van der Waals surface area contributed by atoms with Crippen molar-refractivity contribution in [2.24, 2.45) is 0 Å². The van der Waals surface area contributed by atoms with Gasteiger partial charge in [0.15, 0.2) is 0 Å². The number of hydrogen-bond acceptors (Lipinski definition) is 2. The van der Waals surface area contributed by atoms with Gasteiger partial charge in [0.2, 0.25) is 0 Å². The Morgan fingerprint density at radius 3 is 2.19 bits per heavy atom. The number of carbonyl (C=O) groups is 1.